The largest absolute Gasteiger partial charge is 0.383 e. The van der Waals surface area contributed by atoms with Crippen molar-refractivity contribution in [3.8, 4) is 0 Å². The quantitative estimate of drug-likeness (QED) is 0.881. The first-order valence-electron chi connectivity index (χ1n) is 5.57. The molecular weight excluding hydrogens is 228 g/mol. The smallest absolute Gasteiger partial charge is 0.113 e. The molecule has 5 heteroatoms. The molecule has 1 aromatic rings. The summed E-state index contributed by atoms with van der Waals surface area (Å²) in [7, 11) is 1.66. The molecule has 2 rings (SSSR count). The molecule has 1 aromatic heterocycles. The molecule has 90 valence electrons. The highest BCUT2D eigenvalue weighted by molar-refractivity contribution is 6.31. The lowest BCUT2D eigenvalue weighted by molar-refractivity contribution is -0.137. The van der Waals surface area contributed by atoms with Gasteiger partial charge in [-0.05, 0) is 6.42 Å². The number of rotatable bonds is 4. The van der Waals surface area contributed by atoms with Gasteiger partial charge in [-0.15, -0.1) is 0 Å². The minimum Gasteiger partial charge on any atom is -0.383 e. The summed E-state index contributed by atoms with van der Waals surface area (Å²) in [4.78, 5) is 0. The van der Waals surface area contributed by atoms with Crippen molar-refractivity contribution >= 4 is 11.6 Å². The van der Waals surface area contributed by atoms with E-state index in [0.29, 0.717) is 17.9 Å². The molecule has 4 nitrogen and oxygen atoms in total. The van der Waals surface area contributed by atoms with Crippen LogP contribution in [-0.4, -0.2) is 28.1 Å². The van der Waals surface area contributed by atoms with Crippen LogP contribution in [0.1, 0.15) is 31.9 Å². The molecule has 16 heavy (non-hydrogen) atoms. The number of nitrogens with zero attached hydrogens (tertiary/aromatic N) is 2. The van der Waals surface area contributed by atoms with Crippen molar-refractivity contribution < 1.29 is 9.84 Å². The summed E-state index contributed by atoms with van der Waals surface area (Å²) in [6, 6.07) is 0. The van der Waals surface area contributed by atoms with Gasteiger partial charge in [0.15, 0.2) is 0 Å². The third-order valence-electron chi connectivity index (χ3n) is 3.14. The number of methoxy groups -OCH3 is 1. The second kappa shape index (κ2) is 4.35. The van der Waals surface area contributed by atoms with Gasteiger partial charge in [0.1, 0.15) is 5.60 Å². The lowest BCUT2D eigenvalue weighted by Crippen LogP contribution is -2.47. The minimum absolute atomic E-state index is 0.131. The number of halogens is 1. The normalized spacial score (nSPS) is 29.1. The van der Waals surface area contributed by atoms with Gasteiger partial charge in [0, 0.05) is 26.5 Å². The number of hydrogen-bond acceptors (Lipinski definition) is 3. The minimum atomic E-state index is -0.858. The van der Waals surface area contributed by atoms with Gasteiger partial charge in [-0.25, -0.2) is 0 Å². The zero-order valence-corrected chi connectivity index (χ0v) is 10.4. The summed E-state index contributed by atoms with van der Waals surface area (Å²) in [5.41, 5.74) is -0.118. The van der Waals surface area contributed by atoms with Crippen LogP contribution >= 0.6 is 11.6 Å². The lowest BCUT2D eigenvalue weighted by Gasteiger charge is -2.42. The van der Waals surface area contributed by atoms with Gasteiger partial charge in [-0.1, -0.05) is 18.5 Å². The zero-order valence-electron chi connectivity index (χ0n) is 9.61. The second-order valence-electron chi connectivity index (χ2n) is 4.36. The molecular formula is C11H17ClN2O2. The van der Waals surface area contributed by atoms with Crippen molar-refractivity contribution in [2.75, 3.05) is 7.11 Å². The van der Waals surface area contributed by atoms with Crippen LogP contribution < -0.4 is 0 Å². The standard InChI is InChI=1S/C11H17ClN2O2/c1-3-4-14-10(9(12)7-13-14)11(15)5-8(6-11)16-2/h7-8,15H,3-6H2,1-2H3. The first-order chi connectivity index (χ1) is 7.60. The molecule has 1 fully saturated rings. The molecule has 1 heterocycles. The topological polar surface area (TPSA) is 47.3 Å². The Morgan fingerprint density at radius 1 is 1.69 bits per heavy atom. The molecule has 1 N–H and O–H groups in total. The molecule has 0 unspecified atom stereocenters. The van der Waals surface area contributed by atoms with Crippen LogP contribution in [-0.2, 0) is 16.9 Å². The Labute approximate surface area is 100 Å². The van der Waals surface area contributed by atoms with Gasteiger partial charge in [0.25, 0.3) is 0 Å². The fraction of sp³-hybridized carbons (Fsp3) is 0.727. The van der Waals surface area contributed by atoms with Crippen molar-refractivity contribution in [2.24, 2.45) is 0 Å². The predicted molar refractivity (Wildman–Crippen MR) is 61.5 cm³/mol. The average molecular weight is 245 g/mol. The summed E-state index contributed by atoms with van der Waals surface area (Å²) in [5.74, 6) is 0. The number of aryl methyl sites for hydroxylation is 1. The molecule has 0 bridgehead atoms. The lowest BCUT2D eigenvalue weighted by atomic mass is 9.75. The average Bonchev–Trinajstić information content (AvgIpc) is 2.56. The SMILES string of the molecule is CCCn1ncc(Cl)c1C1(O)CC(OC)C1. The van der Waals surface area contributed by atoms with Crippen molar-refractivity contribution in [3.63, 3.8) is 0 Å². The maximum absolute atomic E-state index is 10.4. The van der Waals surface area contributed by atoms with Crippen LogP contribution in [0.2, 0.25) is 5.02 Å². The maximum atomic E-state index is 10.4. The van der Waals surface area contributed by atoms with Crippen molar-refractivity contribution in [3.05, 3.63) is 16.9 Å². The number of hydrogen-bond donors (Lipinski definition) is 1. The van der Waals surface area contributed by atoms with Crippen molar-refractivity contribution in [2.45, 2.75) is 44.4 Å². The Morgan fingerprint density at radius 3 is 2.94 bits per heavy atom. The highest BCUT2D eigenvalue weighted by Gasteiger charge is 2.47. The zero-order chi connectivity index (χ0) is 11.8. The van der Waals surface area contributed by atoms with Crippen LogP contribution in [0.5, 0.6) is 0 Å². The Balaban J connectivity index is 2.23. The molecule has 1 saturated carbocycles. The Morgan fingerprint density at radius 2 is 2.38 bits per heavy atom. The van der Waals surface area contributed by atoms with E-state index in [0.717, 1.165) is 18.7 Å². The van der Waals surface area contributed by atoms with E-state index in [1.807, 2.05) is 0 Å². The van der Waals surface area contributed by atoms with Crippen LogP contribution in [0.15, 0.2) is 6.20 Å². The highest BCUT2D eigenvalue weighted by Crippen LogP contribution is 2.45. The van der Waals surface area contributed by atoms with E-state index >= 15 is 0 Å². The molecule has 0 aromatic carbocycles. The summed E-state index contributed by atoms with van der Waals surface area (Å²) < 4.78 is 6.99. The molecule has 0 amide bonds. The molecule has 0 spiro atoms. The molecule has 0 aliphatic heterocycles. The van der Waals surface area contributed by atoms with Gasteiger partial charge >= 0.3 is 0 Å². The van der Waals surface area contributed by atoms with E-state index in [2.05, 4.69) is 12.0 Å². The van der Waals surface area contributed by atoms with E-state index in [-0.39, 0.29) is 6.10 Å². The van der Waals surface area contributed by atoms with Crippen LogP contribution in [0.25, 0.3) is 0 Å². The second-order valence-corrected chi connectivity index (χ2v) is 4.77. The fourth-order valence-corrected chi connectivity index (χ4v) is 2.58. The van der Waals surface area contributed by atoms with Crippen LogP contribution in [0.3, 0.4) is 0 Å². The monoisotopic (exact) mass is 244 g/mol. The van der Waals surface area contributed by atoms with E-state index in [4.69, 9.17) is 16.3 Å². The first kappa shape index (κ1) is 11.9. The number of aliphatic hydroxyl groups is 1. The molecule has 0 atom stereocenters. The van der Waals surface area contributed by atoms with Crippen molar-refractivity contribution in [1.29, 1.82) is 0 Å². The Kier molecular flexibility index (Phi) is 3.24. The Bertz CT molecular complexity index is 372. The summed E-state index contributed by atoms with van der Waals surface area (Å²) >= 11 is 6.08. The summed E-state index contributed by atoms with van der Waals surface area (Å²) in [5, 5.41) is 15.2. The van der Waals surface area contributed by atoms with Gasteiger partial charge in [0.2, 0.25) is 0 Å². The van der Waals surface area contributed by atoms with Gasteiger partial charge < -0.3 is 9.84 Å². The predicted octanol–water partition coefficient (Wildman–Crippen LogP) is 1.94. The summed E-state index contributed by atoms with van der Waals surface area (Å²) in [6.07, 6.45) is 3.89. The van der Waals surface area contributed by atoms with Gasteiger partial charge in [-0.2, -0.15) is 5.10 Å². The molecule has 1 aliphatic carbocycles. The van der Waals surface area contributed by atoms with Crippen molar-refractivity contribution in [1.82, 2.24) is 9.78 Å². The third-order valence-corrected chi connectivity index (χ3v) is 3.41. The van der Waals surface area contributed by atoms with Crippen LogP contribution in [0, 0.1) is 0 Å². The number of aromatic nitrogens is 2. The van der Waals surface area contributed by atoms with Crippen LogP contribution in [0.4, 0.5) is 0 Å². The Hall–Kier alpha value is -0.580. The van der Waals surface area contributed by atoms with E-state index in [1.165, 1.54) is 0 Å². The van der Waals surface area contributed by atoms with E-state index in [9.17, 15) is 5.11 Å². The highest BCUT2D eigenvalue weighted by atomic mass is 35.5. The first-order valence-corrected chi connectivity index (χ1v) is 5.95. The molecule has 1 aliphatic rings. The molecule has 0 radical (unpaired) electrons. The van der Waals surface area contributed by atoms with Gasteiger partial charge in [0.05, 0.1) is 23.0 Å². The van der Waals surface area contributed by atoms with E-state index in [1.54, 1.807) is 18.0 Å². The van der Waals surface area contributed by atoms with Gasteiger partial charge in [-0.3, -0.25) is 4.68 Å². The summed E-state index contributed by atoms with van der Waals surface area (Å²) in [6.45, 7) is 2.85. The van der Waals surface area contributed by atoms with E-state index < -0.39 is 5.60 Å². The number of ether oxygens (including phenoxy) is 1. The maximum Gasteiger partial charge on any atom is 0.113 e. The third kappa shape index (κ3) is 1.85. The molecule has 0 saturated heterocycles. The fourth-order valence-electron chi connectivity index (χ4n) is 2.26.